The monoisotopic (exact) mass is 478 g/mol. The average molecular weight is 479 g/mol. The van der Waals surface area contributed by atoms with Crippen LogP contribution in [-0.2, 0) is 23.1 Å². The highest BCUT2D eigenvalue weighted by atomic mass is 28.4. The third-order valence-electron chi connectivity index (χ3n) is 4.90. The summed E-state index contributed by atoms with van der Waals surface area (Å²) in [5.41, 5.74) is 0. The molecule has 0 rings (SSSR count). The van der Waals surface area contributed by atoms with Crippen LogP contribution < -0.4 is 0 Å². The quantitative estimate of drug-likeness (QED) is 0.0889. The van der Waals surface area contributed by atoms with Crippen LogP contribution in [0.2, 0.25) is 38.3 Å². The minimum atomic E-state index is -1.88. The van der Waals surface area contributed by atoms with Crippen molar-refractivity contribution in [1.82, 2.24) is 0 Å². The number of ether oxygens (including phenoxy) is 4. The van der Waals surface area contributed by atoms with E-state index in [0.717, 1.165) is 44.0 Å². The maximum Gasteiger partial charge on any atom is 0.237 e. The first-order valence-corrected chi connectivity index (χ1v) is 17.4. The van der Waals surface area contributed by atoms with E-state index in [1.807, 2.05) is 0 Å². The van der Waals surface area contributed by atoms with Crippen molar-refractivity contribution >= 4 is 16.6 Å². The molecule has 31 heavy (non-hydrogen) atoms. The van der Waals surface area contributed by atoms with Crippen molar-refractivity contribution in [3.63, 3.8) is 0 Å². The van der Waals surface area contributed by atoms with Gasteiger partial charge >= 0.3 is 0 Å². The van der Waals surface area contributed by atoms with E-state index in [-0.39, 0.29) is 0 Å². The normalized spacial score (nSPS) is 16.4. The van der Waals surface area contributed by atoms with Crippen molar-refractivity contribution in [2.24, 2.45) is 5.92 Å². The Hall–Kier alpha value is -0.526. The number of hydrogen-bond donors (Lipinski definition) is 2. The SMILES string of the molecule is C=COCC(C)COCCC[Si](C)(C)O[Si](C)(C)CCCCOC(O)(C=C)C(O)OC. The van der Waals surface area contributed by atoms with Crippen molar-refractivity contribution < 1.29 is 33.3 Å². The molecule has 0 amide bonds. The fourth-order valence-corrected chi connectivity index (χ4v) is 12.2. The predicted octanol–water partition coefficient (Wildman–Crippen LogP) is 4.25. The third-order valence-corrected chi connectivity index (χ3v) is 12.4. The molecule has 2 N–H and O–H groups in total. The average Bonchev–Trinajstić information content (AvgIpc) is 2.69. The summed E-state index contributed by atoms with van der Waals surface area (Å²) in [6.45, 7) is 20.6. The van der Waals surface area contributed by atoms with Gasteiger partial charge in [-0.05, 0) is 57.2 Å². The topological polar surface area (TPSA) is 86.6 Å². The molecule has 7 nitrogen and oxygen atoms in total. The minimum Gasteiger partial charge on any atom is -0.501 e. The second kappa shape index (κ2) is 15.3. The van der Waals surface area contributed by atoms with Gasteiger partial charge in [-0.1, -0.05) is 26.5 Å². The number of aliphatic hydroxyl groups excluding tert-OH is 1. The predicted molar refractivity (Wildman–Crippen MR) is 130 cm³/mol. The zero-order valence-corrected chi connectivity index (χ0v) is 22.5. The number of aliphatic hydroxyl groups is 2. The summed E-state index contributed by atoms with van der Waals surface area (Å²) in [6.07, 6.45) is 3.86. The fraction of sp³-hybridized carbons (Fsp3) is 0.818. The Morgan fingerprint density at radius 2 is 1.58 bits per heavy atom. The minimum absolute atomic E-state index is 0.307. The van der Waals surface area contributed by atoms with Crippen LogP contribution in [0.4, 0.5) is 0 Å². The molecule has 0 aliphatic rings. The van der Waals surface area contributed by atoms with Gasteiger partial charge in [0.1, 0.15) is 0 Å². The lowest BCUT2D eigenvalue weighted by molar-refractivity contribution is -0.291. The second-order valence-corrected chi connectivity index (χ2v) is 18.1. The standard InChI is InChI=1S/C22H46O7Si2/c1-9-22(24,21(23)25-4)28-15-11-12-16-30(5,6)29-31(7,8)17-13-14-27-19-20(3)18-26-10-2/h9-10,20-21,23-24H,1-2,11-19H2,3-8H3. The highest BCUT2D eigenvalue weighted by Gasteiger charge is 2.34. The second-order valence-electron chi connectivity index (χ2n) is 9.25. The molecule has 0 bridgehead atoms. The summed E-state index contributed by atoms with van der Waals surface area (Å²) in [6, 6.07) is 2.09. The lowest BCUT2D eigenvalue weighted by Crippen LogP contribution is -2.45. The molecule has 0 aliphatic carbocycles. The van der Waals surface area contributed by atoms with Crippen LogP contribution in [0.25, 0.3) is 0 Å². The zero-order chi connectivity index (χ0) is 24.0. The van der Waals surface area contributed by atoms with Gasteiger partial charge in [-0.25, -0.2) is 0 Å². The van der Waals surface area contributed by atoms with E-state index in [2.05, 4.69) is 46.3 Å². The van der Waals surface area contributed by atoms with Gasteiger partial charge in [0.25, 0.3) is 0 Å². The largest absolute Gasteiger partial charge is 0.501 e. The van der Waals surface area contributed by atoms with E-state index in [0.29, 0.717) is 25.7 Å². The van der Waals surface area contributed by atoms with Crippen molar-refractivity contribution in [3.05, 3.63) is 25.5 Å². The molecule has 9 heteroatoms. The van der Waals surface area contributed by atoms with Gasteiger partial charge in [0.15, 0.2) is 16.6 Å². The summed E-state index contributed by atoms with van der Waals surface area (Å²) in [5.74, 6) is -1.53. The van der Waals surface area contributed by atoms with Crippen LogP contribution in [0.5, 0.6) is 0 Å². The molecule has 0 fully saturated rings. The molecule has 3 unspecified atom stereocenters. The molecule has 0 heterocycles. The number of unbranched alkanes of at least 4 members (excludes halogenated alkanes) is 1. The first-order valence-electron chi connectivity index (χ1n) is 11.1. The van der Waals surface area contributed by atoms with Gasteiger partial charge in [-0.15, -0.1) is 0 Å². The lowest BCUT2D eigenvalue weighted by Gasteiger charge is -2.34. The molecular formula is C22H46O7Si2. The first kappa shape index (κ1) is 30.5. The van der Waals surface area contributed by atoms with Crippen LogP contribution in [0, 0.1) is 5.92 Å². The number of hydrogen-bond acceptors (Lipinski definition) is 7. The van der Waals surface area contributed by atoms with Crippen LogP contribution in [-0.4, -0.2) is 72.5 Å². The molecule has 0 saturated heterocycles. The Balaban J connectivity index is 4.13. The smallest absolute Gasteiger partial charge is 0.237 e. The highest BCUT2D eigenvalue weighted by molar-refractivity contribution is 6.84. The summed E-state index contributed by atoms with van der Waals surface area (Å²) in [4.78, 5) is 0. The van der Waals surface area contributed by atoms with Crippen LogP contribution in [0.1, 0.15) is 26.2 Å². The summed E-state index contributed by atoms with van der Waals surface area (Å²) in [5, 5.41) is 19.8. The molecule has 0 aromatic carbocycles. The van der Waals surface area contributed by atoms with Crippen molar-refractivity contribution in [1.29, 1.82) is 0 Å². The Bertz CT molecular complexity index is 502. The van der Waals surface area contributed by atoms with Crippen LogP contribution >= 0.6 is 0 Å². The maximum atomic E-state index is 10.1. The van der Waals surface area contributed by atoms with E-state index in [1.165, 1.54) is 13.4 Å². The summed E-state index contributed by atoms with van der Waals surface area (Å²) >= 11 is 0. The van der Waals surface area contributed by atoms with E-state index in [4.69, 9.17) is 23.1 Å². The number of rotatable bonds is 20. The molecule has 0 aromatic heterocycles. The fourth-order valence-electron chi connectivity index (χ4n) is 3.30. The van der Waals surface area contributed by atoms with Crippen molar-refractivity contribution in [2.75, 3.05) is 33.5 Å². The molecule has 0 spiro atoms. The van der Waals surface area contributed by atoms with Gasteiger partial charge < -0.3 is 33.3 Å². The third kappa shape index (κ3) is 14.3. The van der Waals surface area contributed by atoms with Crippen molar-refractivity contribution in [3.8, 4) is 0 Å². The summed E-state index contributed by atoms with van der Waals surface area (Å²) in [7, 11) is -2.24. The Labute approximate surface area is 191 Å². The highest BCUT2D eigenvalue weighted by Crippen LogP contribution is 2.25. The van der Waals surface area contributed by atoms with Gasteiger partial charge in [-0.3, -0.25) is 0 Å². The maximum absolute atomic E-state index is 10.1. The Kier molecular flexibility index (Phi) is 15.1. The molecule has 184 valence electrons. The van der Waals surface area contributed by atoms with E-state index in [1.54, 1.807) is 0 Å². The Morgan fingerprint density at radius 1 is 0.968 bits per heavy atom. The molecular weight excluding hydrogens is 432 g/mol. The van der Waals surface area contributed by atoms with Crippen LogP contribution in [0.3, 0.4) is 0 Å². The van der Waals surface area contributed by atoms with E-state index >= 15 is 0 Å². The first-order chi connectivity index (χ1) is 14.4. The summed E-state index contributed by atoms with van der Waals surface area (Å²) < 4.78 is 27.7. The molecule has 0 saturated carbocycles. The Morgan fingerprint density at radius 3 is 2.13 bits per heavy atom. The van der Waals surface area contributed by atoms with Crippen LogP contribution in [0.15, 0.2) is 25.5 Å². The van der Waals surface area contributed by atoms with E-state index in [9.17, 15) is 10.2 Å². The van der Waals surface area contributed by atoms with E-state index < -0.39 is 28.7 Å². The molecule has 0 aliphatic heterocycles. The van der Waals surface area contributed by atoms with Gasteiger partial charge in [0.05, 0.1) is 26.1 Å². The molecule has 0 aromatic rings. The number of methoxy groups -OCH3 is 1. The van der Waals surface area contributed by atoms with Gasteiger partial charge in [0, 0.05) is 19.6 Å². The molecule has 3 atom stereocenters. The van der Waals surface area contributed by atoms with Gasteiger partial charge in [0.2, 0.25) is 12.1 Å². The van der Waals surface area contributed by atoms with Gasteiger partial charge in [-0.2, -0.15) is 0 Å². The van der Waals surface area contributed by atoms with Crippen molar-refractivity contribution in [2.45, 2.75) is 76.5 Å². The molecule has 0 radical (unpaired) electrons. The zero-order valence-electron chi connectivity index (χ0n) is 20.5. The lowest BCUT2D eigenvalue weighted by atomic mass is 10.2.